The number of hydrogen-bond donors (Lipinski definition) is 1. The molecule has 1 aliphatic heterocycles. The zero-order valence-electron chi connectivity index (χ0n) is 12.4. The molecule has 0 radical (unpaired) electrons. The van der Waals surface area contributed by atoms with Crippen LogP contribution in [0.2, 0.25) is 0 Å². The van der Waals surface area contributed by atoms with E-state index in [4.69, 9.17) is 9.31 Å². The summed E-state index contributed by atoms with van der Waals surface area (Å²) in [5.41, 5.74) is -0.419. The molecule has 2 heterocycles. The molecule has 0 atom stereocenters. The molecule has 1 saturated heterocycles. The predicted molar refractivity (Wildman–Crippen MR) is 76.6 cm³/mol. The normalized spacial score (nSPS) is 23.9. The molecule has 0 amide bonds. The van der Waals surface area contributed by atoms with Gasteiger partial charge >= 0.3 is 7.12 Å². The summed E-state index contributed by atoms with van der Waals surface area (Å²) in [6.07, 6.45) is 2.23. The summed E-state index contributed by atoms with van der Waals surface area (Å²) in [6.45, 7) is 7.87. The lowest BCUT2D eigenvalue weighted by Gasteiger charge is -2.32. The molecular weight excluding hydrogens is 258 g/mol. The third-order valence-corrected chi connectivity index (χ3v) is 4.23. The Bertz CT molecular complexity index is 516. The molecule has 1 N–H and O–H groups in total. The van der Waals surface area contributed by atoms with Crippen molar-refractivity contribution in [2.45, 2.75) is 57.8 Å². The Morgan fingerprint density at radius 2 is 1.80 bits per heavy atom. The highest BCUT2D eigenvalue weighted by Crippen LogP contribution is 2.36. The van der Waals surface area contributed by atoms with Gasteiger partial charge in [-0.05, 0) is 46.6 Å². The fourth-order valence-electron chi connectivity index (χ4n) is 2.11. The van der Waals surface area contributed by atoms with Crippen molar-refractivity contribution in [3.8, 4) is 0 Å². The third kappa shape index (κ3) is 2.54. The van der Waals surface area contributed by atoms with Gasteiger partial charge in [-0.2, -0.15) is 0 Å². The zero-order valence-corrected chi connectivity index (χ0v) is 12.4. The van der Waals surface area contributed by atoms with Gasteiger partial charge in [-0.1, -0.05) is 0 Å². The smallest absolute Gasteiger partial charge is 0.398 e. The van der Waals surface area contributed by atoms with E-state index in [1.165, 1.54) is 12.1 Å². The van der Waals surface area contributed by atoms with Gasteiger partial charge in [0, 0.05) is 12.1 Å². The predicted octanol–water partition coefficient (Wildman–Crippen LogP) is 2.09. The van der Waals surface area contributed by atoms with E-state index in [-0.39, 0.29) is 5.82 Å². The Morgan fingerprint density at radius 1 is 1.20 bits per heavy atom. The Balaban J connectivity index is 1.85. The molecule has 6 heteroatoms. The second-order valence-corrected chi connectivity index (χ2v) is 6.60. The van der Waals surface area contributed by atoms with E-state index in [2.05, 4.69) is 10.3 Å². The second-order valence-electron chi connectivity index (χ2n) is 6.60. The van der Waals surface area contributed by atoms with Gasteiger partial charge in [-0.25, -0.2) is 9.37 Å². The van der Waals surface area contributed by atoms with Crippen molar-refractivity contribution in [1.29, 1.82) is 0 Å². The van der Waals surface area contributed by atoms with Crippen molar-refractivity contribution in [2.75, 3.05) is 5.32 Å². The molecule has 0 unspecified atom stereocenters. The first-order valence-electron chi connectivity index (χ1n) is 7.06. The minimum Gasteiger partial charge on any atom is -0.398 e. The Morgan fingerprint density at radius 3 is 2.35 bits per heavy atom. The molecule has 3 rings (SSSR count). The summed E-state index contributed by atoms with van der Waals surface area (Å²) in [7, 11) is -0.629. The largest absolute Gasteiger partial charge is 0.514 e. The Labute approximate surface area is 119 Å². The minimum atomic E-state index is -0.629. The average molecular weight is 278 g/mol. The Kier molecular flexibility index (Phi) is 3.06. The molecule has 1 aliphatic carbocycles. The van der Waals surface area contributed by atoms with E-state index in [1.54, 1.807) is 0 Å². The topological polar surface area (TPSA) is 43.4 Å². The summed E-state index contributed by atoms with van der Waals surface area (Å²) in [5.74, 6) is 0.227. The van der Waals surface area contributed by atoms with E-state index in [1.807, 2.05) is 27.7 Å². The van der Waals surface area contributed by atoms with Gasteiger partial charge in [0.25, 0.3) is 0 Å². The maximum absolute atomic E-state index is 13.7. The van der Waals surface area contributed by atoms with E-state index in [0.717, 1.165) is 12.8 Å². The summed E-state index contributed by atoms with van der Waals surface area (Å²) in [6, 6.07) is 3.21. The second kappa shape index (κ2) is 4.43. The van der Waals surface area contributed by atoms with E-state index in [0.29, 0.717) is 17.5 Å². The van der Waals surface area contributed by atoms with Crippen LogP contribution in [0.25, 0.3) is 0 Å². The zero-order chi connectivity index (χ0) is 14.5. The molecule has 0 spiro atoms. The van der Waals surface area contributed by atoms with Crippen LogP contribution in [0, 0.1) is 5.82 Å². The van der Waals surface area contributed by atoms with Crippen LogP contribution >= 0.6 is 0 Å². The standard InChI is InChI=1S/C14H20BFN2O2/c1-13(2)14(3,4)20-15(19-13)11-7-9(16)8-12(18-11)17-10-5-6-10/h7-8,10H,5-6H2,1-4H3,(H,17,18). The first-order valence-corrected chi connectivity index (χ1v) is 7.06. The van der Waals surface area contributed by atoms with Crippen molar-refractivity contribution >= 4 is 18.5 Å². The van der Waals surface area contributed by atoms with E-state index < -0.39 is 18.3 Å². The fraction of sp³-hybridized carbons (Fsp3) is 0.643. The number of nitrogens with one attached hydrogen (secondary N) is 1. The molecule has 1 aromatic heterocycles. The lowest BCUT2D eigenvalue weighted by Crippen LogP contribution is -2.41. The van der Waals surface area contributed by atoms with Crippen LogP contribution in [0.3, 0.4) is 0 Å². The highest BCUT2D eigenvalue weighted by molar-refractivity contribution is 6.61. The van der Waals surface area contributed by atoms with Crippen LogP contribution in [0.4, 0.5) is 10.2 Å². The molecule has 1 aromatic rings. The number of nitrogens with zero attached hydrogens (tertiary/aromatic N) is 1. The van der Waals surface area contributed by atoms with Gasteiger partial charge in [-0.15, -0.1) is 0 Å². The molecule has 0 aromatic carbocycles. The van der Waals surface area contributed by atoms with Crippen molar-refractivity contribution in [3.05, 3.63) is 17.9 Å². The summed E-state index contributed by atoms with van der Waals surface area (Å²) in [5, 5.41) is 3.20. The minimum absolute atomic E-state index is 0.326. The molecule has 2 fully saturated rings. The molecule has 108 valence electrons. The van der Waals surface area contributed by atoms with E-state index >= 15 is 0 Å². The Hall–Kier alpha value is -1.14. The fourth-order valence-corrected chi connectivity index (χ4v) is 2.11. The third-order valence-electron chi connectivity index (χ3n) is 4.23. The lowest BCUT2D eigenvalue weighted by atomic mass is 9.84. The quantitative estimate of drug-likeness (QED) is 0.860. The van der Waals surface area contributed by atoms with Crippen LogP contribution < -0.4 is 10.9 Å². The number of rotatable bonds is 3. The highest BCUT2D eigenvalue weighted by Gasteiger charge is 2.52. The molecule has 0 bridgehead atoms. The summed E-state index contributed by atoms with van der Waals surface area (Å²) in [4.78, 5) is 4.43. The number of hydrogen-bond acceptors (Lipinski definition) is 4. The monoisotopic (exact) mass is 278 g/mol. The van der Waals surface area contributed by atoms with Crippen LogP contribution in [-0.4, -0.2) is 29.3 Å². The van der Waals surface area contributed by atoms with Gasteiger partial charge in [0.15, 0.2) is 0 Å². The lowest BCUT2D eigenvalue weighted by molar-refractivity contribution is 0.00578. The van der Waals surface area contributed by atoms with Gasteiger partial charge in [0.05, 0.1) is 16.8 Å². The maximum atomic E-state index is 13.7. The first kappa shape index (κ1) is 13.8. The van der Waals surface area contributed by atoms with Gasteiger partial charge < -0.3 is 14.6 Å². The van der Waals surface area contributed by atoms with Crippen LogP contribution in [0.1, 0.15) is 40.5 Å². The summed E-state index contributed by atoms with van der Waals surface area (Å²) < 4.78 is 25.5. The van der Waals surface area contributed by atoms with Crippen LogP contribution in [0.5, 0.6) is 0 Å². The van der Waals surface area contributed by atoms with Crippen molar-refractivity contribution < 1.29 is 13.7 Å². The van der Waals surface area contributed by atoms with Gasteiger partial charge in [-0.3, -0.25) is 0 Å². The average Bonchev–Trinajstić information content (AvgIpc) is 3.06. The molecule has 2 aliphatic rings. The number of anilines is 1. The SMILES string of the molecule is CC1(C)OB(c2cc(F)cc(NC3CC3)n2)OC1(C)C. The maximum Gasteiger partial charge on any atom is 0.514 e. The van der Waals surface area contributed by atoms with Crippen molar-refractivity contribution in [2.24, 2.45) is 0 Å². The van der Waals surface area contributed by atoms with Crippen LogP contribution in [0.15, 0.2) is 12.1 Å². The highest BCUT2D eigenvalue weighted by atomic mass is 19.1. The molecule has 1 saturated carbocycles. The molecule has 4 nitrogen and oxygen atoms in total. The van der Waals surface area contributed by atoms with Gasteiger partial charge in [0.1, 0.15) is 11.6 Å². The summed E-state index contributed by atoms with van der Waals surface area (Å²) >= 11 is 0. The molecule has 20 heavy (non-hydrogen) atoms. The number of halogens is 1. The number of aromatic nitrogens is 1. The van der Waals surface area contributed by atoms with Crippen LogP contribution in [-0.2, 0) is 9.31 Å². The van der Waals surface area contributed by atoms with Crippen molar-refractivity contribution in [1.82, 2.24) is 4.98 Å². The number of pyridine rings is 1. The first-order chi connectivity index (χ1) is 9.27. The van der Waals surface area contributed by atoms with Crippen molar-refractivity contribution in [3.63, 3.8) is 0 Å². The van der Waals surface area contributed by atoms with E-state index in [9.17, 15) is 4.39 Å². The van der Waals surface area contributed by atoms with Gasteiger partial charge in [0.2, 0.25) is 0 Å². The molecular formula is C14H20BFN2O2.